The predicted molar refractivity (Wildman–Crippen MR) is 90.0 cm³/mol. The Morgan fingerprint density at radius 3 is 3.09 bits per heavy atom. The van der Waals surface area contributed by atoms with Crippen molar-refractivity contribution in [3.05, 3.63) is 22.7 Å². The van der Waals surface area contributed by atoms with E-state index in [9.17, 15) is 4.79 Å². The zero-order chi connectivity index (χ0) is 16.2. The fourth-order valence-corrected chi connectivity index (χ4v) is 3.78. The molecule has 1 aliphatic carbocycles. The fourth-order valence-electron chi connectivity index (χ4n) is 3.15. The molecule has 6 heteroatoms. The minimum absolute atomic E-state index is 0.0752. The van der Waals surface area contributed by atoms with Crippen LogP contribution in [-0.4, -0.2) is 22.1 Å². The Morgan fingerprint density at radius 2 is 2.30 bits per heavy atom. The van der Waals surface area contributed by atoms with Crippen molar-refractivity contribution < 1.29 is 9.32 Å². The van der Waals surface area contributed by atoms with Gasteiger partial charge in [-0.2, -0.15) is 16.3 Å². The maximum Gasteiger partial charge on any atom is 0.227 e. The van der Waals surface area contributed by atoms with E-state index in [0.29, 0.717) is 42.4 Å². The molecule has 0 spiro atoms. The number of aryl methyl sites for hydroxylation is 1. The molecule has 1 aliphatic rings. The number of amides is 1. The molecule has 1 N–H and O–H groups in total. The van der Waals surface area contributed by atoms with Crippen molar-refractivity contribution in [3.63, 3.8) is 0 Å². The van der Waals surface area contributed by atoms with Gasteiger partial charge < -0.3 is 9.84 Å². The molecule has 124 valence electrons. The van der Waals surface area contributed by atoms with Gasteiger partial charge in [0.2, 0.25) is 17.6 Å². The lowest BCUT2D eigenvalue weighted by atomic mass is 9.78. The molecule has 0 aliphatic heterocycles. The van der Waals surface area contributed by atoms with Crippen LogP contribution in [0.15, 0.2) is 21.3 Å². The van der Waals surface area contributed by atoms with Crippen LogP contribution in [0, 0.1) is 11.8 Å². The van der Waals surface area contributed by atoms with E-state index in [4.69, 9.17) is 4.52 Å². The van der Waals surface area contributed by atoms with E-state index in [2.05, 4.69) is 29.3 Å². The summed E-state index contributed by atoms with van der Waals surface area (Å²) in [6.45, 7) is 4.51. The normalized spacial score (nSPS) is 24.5. The molecule has 0 radical (unpaired) electrons. The van der Waals surface area contributed by atoms with Crippen molar-refractivity contribution in [2.24, 2.45) is 11.8 Å². The smallest absolute Gasteiger partial charge is 0.227 e. The van der Waals surface area contributed by atoms with Crippen LogP contribution in [0.25, 0.3) is 11.4 Å². The maximum absolute atomic E-state index is 12.2. The maximum atomic E-state index is 12.2. The molecule has 0 saturated heterocycles. The quantitative estimate of drug-likeness (QED) is 0.906. The lowest BCUT2D eigenvalue weighted by molar-refractivity contribution is -0.122. The summed E-state index contributed by atoms with van der Waals surface area (Å²) in [6, 6.07) is 2.26. The average Bonchev–Trinajstić information content (AvgIpc) is 3.20. The Kier molecular flexibility index (Phi) is 5.10. The van der Waals surface area contributed by atoms with Crippen molar-refractivity contribution >= 4 is 17.2 Å². The summed E-state index contributed by atoms with van der Waals surface area (Å²) in [5, 5.41) is 11.1. The third-order valence-electron chi connectivity index (χ3n) is 4.87. The van der Waals surface area contributed by atoms with Crippen molar-refractivity contribution in [1.82, 2.24) is 15.5 Å². The Balaban J connectivity index is 1.49. The van der Waals surface area contributed by atoms with Crippen LogP contribution in [0.1, 0.15) is 45.4 Å². The van der Waals surface area contributed by atoms with Crippen LogP contribution in [-0.2, 0) is 11.2 Å². The molecule has 2 aromatic heterocycles. The van der Waals surface area contributed by atoms with Gasteiger partial charge in [0.1, 0.15) is 0 Å². The third kappa shape index (κ3) is 3.99. The molecule has 5 nitrogen and oxygen atoms in total. The number of nitrogens with zero attached hydrogens (tertiary/aromatic N) is 2. The molecule has 3 rings (SSSR count). The van der Waals surface area contributed by atoms with Gasteiger partial charge in [0.15, 0.2) is 0 Å². The second-order valence-electron chi connectivity index (χ2n) is 6.47. The molecule has 0 bridgehead atoms. The number of carbonyl (C=O) groups excluding carboxylic acids is 1. The first kappa shape index (κ1) is 16.2. The molecule has 1 saturated carbocycles. The van der Waals surface area contributed by atoms with Gasteiger partial charge in [0.05, 0.1) is 0 Å². The minimum Gasteiger partial charge on any atom is -0.353 e. The van der Waals surface area contributed by atoms with Gasteiger partial charge in [-0.3, -0.25) is 4.79 Å². The molecule has 1 amide bonds. The first-order valence-electron chi connectivity index (χ1n) is 8.28. The summed E-state index contributed by atoms with van der Waals surface area (Å²) in [5.41, 5.74) is 0.958. The van der Waals surface area contributed by atoms with E-state index in [1.165, 1.54) is 12.8 Å². The van der Waals surface area contributed by atoms with Crippen LogP contribution >= 0.6 is 11.3 Å². The summed E-state index contributed by atoms with van der Waals surface area (Å²) < 4.78 is 5.23. The van der Waals surface area contributed by atoms with E-state index < -0.39 is 0 Å². The lowest BCUT2D eigenvalue weighted by Crippen LogP contribution is -2.43. The Labute approximate surface area is 140 Å². The minimum atomic E-state index is 0.0752. The Bertz CT molecular complexity index is 638. The third-order valence-corrected chi connectivity index (χ3v) is 5.55. The first-order chi connectivity index (χ1) is 11.1. The summed E-state index contributed by atoms with van der Waals surface area (Å²) in [5.74, 6) is 2.41. The number of rotatable bonds is 5. The van der Waals surface area contributed by atoms with Crippen molar-refractivity contribution in [1.29, 1.82) is 0 Å². The molecular formula is C17H23N3O2S. The summed E-state index contributed by atoms with van der Waals surface area (Å²) >= 11 is 1.60. The number of hydrogen-bond acceptors (Lipinski definition) is 5. The van der Waals surface area contributed by atoms with E-state index in [1.54, 1.807) is 11.3 Å². The molecule has 2 aromatic rings. The second-order valence-corrected chi connectivity index (χ2v) is 7.25. The van der Waals surface area contributed by atoms with Crippen LogP contribution in [0.4, 0.5) is 0 Å². The van der Waals surface area contributed by atoms with Gasteiger partial charge in [0, 0.05) is 29.8 Å². The topological polar surface area (TPSA) is 68.0 Å². The van der Waals surface area contributed by atoms with Gasteiger partial charge in [-0.1, -0.05) is 31.8 Å². The van der Waals surface area contributed by atoms with Gasteiger partial charge in [-0.05, 0) is 29.7 Å². The van der Waals surface area contributed by atoms with Crippen LogP contribution < -0.4 is 5.32 Å². The first-order valence-corrected chi connectivity index (χ1v) is 9.22. The SMILES string of the molecule is CC1CCCC(NC(=O)CCc2nc(-c3ccsc3)no2)C1C. The summed E-state index contributed by atoms with van der Waals surface area (Å²) in [4.78, 5) is 16.5. The van der Waals surface area contributed by atoms with Crippen molar-refractivity contribution in [2.75, 3.05) is 0 Å². The van der Waals surface area contributed by atoms with E-state index in [0.717, 1.165) is 12.0 Å². The largest absolute Gasteiger partial charge is 0.353 e. The molecule has 23 heavy (non-hydrogen) atoms. The van der Waals surface area contributed by atoms with Gasteiger partial charge in [-0.15, -0.1) is 0 Å². The highest BCUT2D eigenvalue weighted by Gasteiger charge is 2.28. The van der Waals surface area contributed by atoms with Crippen LogP contribution in [0.3, 0.4) is 0 Å². The highest BCUT2D eigenvalue weighted by atomic mass is 32.1. The van der Waals surface area contributed by atoms with Gasteiger partial charge in [-0.25, -0.2) is 0 Å². The Morgan fingerprint density at radius 1 is 1.43 bits per heavy atom. The van der Waals surface area contributed by atoms with E-state index in [-0.39, 0.29) is 5.91 Å². The summed E-state index contributed by atoms with van der Waals surface area (Å²) in [6.07, 6.45) is 4.42. The molecule has 3 atom stereocenters. The predicted octanol–water partition coefficient (Wildman–Crippen LogP) is 3.67. The second kappa shape index (κ2) is 7.25. The standard InChI is InChI=1S/C17H23N3O2S/c1-11-4-3-5-14(12(11)2)18-15(21)6-7-16-19-17(20-22-16)13-8-9-23-10-13/h8-12,14H,3-7H2,1-2H3,(H,18,21). The van der Waals surface area contributed by atoms with E-state index >= 15 is 0 Å². The Hall–Kier alpha value is -1.69. The van der Waals surface area contributed by atoms with Gasteiger partial charge >= 0.3 is 0 Å². The van der Waals surface area contributed by atoms with E-state index in [1.807, 2.05) is 16.8 Å². The molecule has 0 aromatic carbocycles. The highest BCUT2D eigenvalue weighted by Crippen LogP contribution is 2.29. The number of carbonyl (C=O) groups is 1. The molecule has 1 fully saturated rings. The van der Waals surface area contributed by atoms with Crippen LogP contribution in [0.5, 0.6) is 0 Å². The highest BCUT2D eigenvalue weighted by molar-refractivity contribution is 7.08. The van der Waals surface area contributed by atoms with Crippen LogP contribution in [0.2, 0.25) is 0 Å². The zero-order valence-electron chi connectivity index (χ0n) is 13.6. The van der Waals surface area contributed by atoms with Gasteiger partial charge in [0.25, 0.3) is 0 Å². The average molecular weight is 333 g/mol. The molecular weight excluding hydrogens is 310 g/mol. The monoisotopic (exact) mass is 333 g/mol. The number of thiophene rings is 1. The zero-order valence-corrected chi connectivity index (χ0v) is 14.4. The molecule has 3 unspecified atom stereocenters. The lowest BCUT2D eigenvalue weighted by Gasteiger charge is -2.34. The van der Waals surface area contributed by atoms with Crippen molar-refractivity contribution in [3.8, 4) is 11.4 Å². The number of hydrogen-bond donors (Lipinski definition) is 1. The number of nitrogens with one attached hydrogen (secondary N) is 1. The fraction of sp³-hybridized carbons (Fsp3) is 0.588. The number of aromatic nitrogens is 2. The van der Waals surface area contributed by atoms with Crippen molar-refractivity contribution in [2.45, 2.75) is 52.0 Å². The molecule has 2 heterocycles. The summed E-state index contributed by atoms with van der Waals surface area (Å²) in [7, 11) is 0.